The van der Waals surface area contributed by atoms with E-state index in [0.29, 0.717) is 5.41 Å². The molecule has 2 aliphatic rings. The lowest BCUT2D eigenvalue weighted by atomic mass is 9.75. The van der Waals surface area contributed by atoms with Crippen molar-refractivity contribution in [1.29, 1.82) is 0 Å². The molecule has 0 radical (unpaired) electrons. The summed E-state index contributed by atoms with van der Waals surface area (Å²) in [6.07, 6.45) is 8.30. The fourth-order valence-electron chi connectivity index (χ4n) is 3.61. The van der Waals surface area contributed by atoms with Crippen molar-refractivity contribution in [2.75, 3.05) is 23.3 Å². The number of nitrogens with zero attached hydrogens (tertiary/aromatic N) is 1. The van der Waals surface area contributed by atoms with Crippen LogP contribution in [0.3, 0.4) is 0 Å². The molecule has 1 heterocycles. The Balaban J connectivity index is 1.77. The van der Waals surface area contributed by atoms with Gasteiger partial charge in [-0.25, -0.2) is 0 Å². The molecule has 0 bridgehead atoms. The Kier molecular flexibility index (Phi) is 3.65. The van der Waals surface area contributed by atoms with E-state index in [1.54, 1.807) is 0 Å². The quantitative estimate of drug-likeness (QED) is 0.748. The van der Waals surface area contributed by atoms with Gasteiger partial charge in [0.1, 0.15) is 0 Å². The molecule has 1 aliphatic carbocycles. The van der Waals surface area contributed by atoms with Crippen LogP contribution < -0.4 is 4.90 Å². The van der Waals surface area contributed by atoms with Gasteiger partial charge in [0.25, 0.3) is 0 Å². The van der Waals surface area contributed by atoms with Gasteiger partial charge >= 0.3 is 0 Å². The molecule has 0 aromatic heterocycles. The monoisotopic (exact) mass is 307 g/mol. The number of anilines is 1. The molecule has 0 spiro atoms. The van der Waals surface area contributed by atoms with Gasteiger partial charge in [-0.2, -0.15) is 0 Å². The first-order valence-corrected chi connectivity index (χ1v) is 8.34. The second kappa shape index (κ2) is 5.24. The summed E-state index contributed by atoms with van der Waals surface area (Å²) in [6.45, 7) is 2.46. The highest BCUT2D eigenvalue weighted by molar-refractivity contribution is 9.09. The zero-order valence-electron chi connectivity index (χ0n) is 11.0. The van der Waals surface area contributed by atoms with Crippen LogP contribution >= 0.6 is 15.9 Å². The van der Waals surface area contributed by atoms with Gasteiger partial charge in [0.05, 0.1) is 0 Å². The van der Waals surface area contributed by atoms with E-state index in [-0.39, 0.29) is 0 Å². The predicted molar refractivity (Wildman–Crippen MR) is 81.7 cm³/mol. The Hall–Kier alpha value is -0.500. The van der Waals surface area contributed by atoms with E-state index in [1.807, 2.05) is 0 Å². The standard InChI is InChI=1S/C16H22BrN/c17-12-16(9-4-1-5-10-16)13-18-11-8-14-6-2-3-7-15(14)18/h2-3,6-7H,1,4-5,8-13H2. The summed E-state index contributed by atoms with van der Waals surface area (Å²) in [4.78, 5) is 2.63. The Morgan fingerprint density at radius 1 is 1.11 bits per heavy atom. The van der Waals surface area contributed by atoms with Crippen LogP contribution in [0.2, 0.25) is 0 Å². The zero-order chi connectivity index (χ0) is 12.4. The number of alkyl halides is 1. The second-order valence-corrected chi connectivity index (χ2v) is 6.56. The average Bonchev–Trinajstić information content (AvgIpc) is 2.83. The maximum absolute atomic E-state index is 3.79. The number of para-hydroxylation sites is 1. The molecule has 3 rings (SSSR count). The van der Waals surface area contributed by atoms with Crippen molar-refractivity contribution in [3.05, 3.63) is 29.8 Å². The molecule has 1 nitrogen and oxygen atoms in total. The largest absolute Gasteiger partial charge is 0.370 e. The van der Waals surface area contributed by atoms with Crippen LogP contribution in [0.15, 0.2) is 24.3 Å². The molecule has 0 amide bonds. The number of fused-ring (bicyclic) bond motifs is 1. The number of hydrogen-bond acceptors (Lipinski definition) is 1. The molecule has 1 saturated carbocycles. The fraction of sp³-hybridized carbons (Fsp3) is 0.625. The van der Waals surface area contributed by atoms with Crippen LogP contribution in [-0.4, -0.2) is 18.4 Å². The maximum atomic E-state index is 3.79. The number of halogens is 1. The predicted octanol–water partition coefficient (Wildman–Crippen LogP) is 4.39. The Labute approximate surface area is 119 Å². The molecule has 0 unspecified atom stereocenters. The number of benzene rings is 1. The van der Waals surface area contributed by atoms with Crippen molar-refractivity contribution in [2.24, 2.45) is 5.41 Å². The van der Waals surface area contributed by atoms with E-state index in [0.717, 1.165) is 0 Å². The highest BCUT2D eigenvalue weighted by Crippen LogP contribution is 2.41. The van der Waals surface area contributed by atoms with Crippen LogP contribution in [0.1, 0.15) is 37.7 Å². The molecule has 1 fully saturated rings. The Bertz CT molecular complexity index is 409. The van der Waals surface area contributed by atoms with Crippen molar-refractivity contribution in [2.45, 2.75) is 38.5 Å². The van der Waals surface area contributed by atoms with Crippen LogP contribution in [0, 0.1) is 5.41 Å². The second-order valence-electron chi connectivity index (χ2n) is 5.99. The topological polar surface area (TPSA) is 3.24 Å². The zero-order valence-corrected chi connectivity index (χ0v) is 12.6. The van der Waals surface area contributed by atoms with Gasteiger partial charge < -0.3 is 4.90 Å². The summed E-state index contributed by atoms with van der Waals surface area (Å²) >= 11 is 3.79. The molecule has 1 aromatic carbocycles. The first kappa shape index (κ1) is 12.5. The van der Waals surface area contributed by atoms with E-state index in [9.17, 15) is 0 Å². The third kappa shape index (κ3) is 2.32. The Morgan fingerprint density at radius 3 is 2.67 bits per heavy atom. The van der Waals surface area contributed by atoms with Crippen LogP contribution in [0.5, 0.6) is 0 Å². The molecular formula is C16H22BrN. The molecule has 1 aromatic rings. The van der Waals surface area contributed by atoms with E-state index in [1.165, 1.54) is 68.2 Å². The van der Waals surface area contributed by atoms with Gasteiger partial charge in [0, 0.05) is 24.1 Å². The third-order valence-electron chi connectivity index (χ3n) is 4.71. The highest BCUT2D eigenvalue weighted by atomic mass is 79.9. The summed E-state index contributed by atoms with van der Waals surface area (Å²) in [7, 11) is 0. The molecule has 18 heavy (non-hydrogen) atoms. The molecule has 2 heteroatoms. The first-order chi connectivity index (χ1) is 8.83. The van der Waals surface area contributed by atoms with Crippen molar-refractivity contribution in [3.8, 4) is 0 Å². The number of rotatable bonds is 3. The summed E-state index contributed by atoms with van der Waals surface area (Å²) < 4.78 is 0. The van der Waals surface area contributed by atoms with Gasteiger partial charge in [-0.3, -0.25) is 0 Å². The lowest BCUT2D eigenvalue weighted by Gasteiger charge is -2.39. The average molecular weight is 308 g/mol. The molecule has 98 valence electrons. The summed E-state index contributed by atoms with van der Waals surface area (Å²) in [5.74, 6) is 0. The van der Waals surface area contributed by atoms with Crippen molar-refractivity contribution in [1.82, 2.24) is 0 Å². The highest BCUT2D eigenvalue weighted by Gasteiger charge is 2.34. The van der Waals surface area contributed by atoms with E-state index in [4.69, 9.17) is 0 Å². The van der Waals surface area contributed by atoms with Gasteiger partial charge in [-0.1, -0.05) is 53.4 Å². The lowest BCUT2D eigenvalue weighted by Crippen LogP contribution is -2.39. The minimum Gasteiger partial charge on any atom is -0.370 e. The van der Waals surface area contributed by atoms with Crippen molar-refractivity contribution in [3.63, 3.8) is 0 Å². The molecule has 0 atom stereocenters. The van der Waals surface area contributed by atoms with Crippen LogP contribution in [0.25, 0.3) is 0 Å². The summed E-state index contributed by atoms with van der Waals surface area (Å²) in [5, 5.41) is 1.17. The maximum Gasteiger partial charge on any atom is 0.0399 e. The van der Waals surface area contributed by atoms with E-state index in [2.05, 4.69) is 45.1 Å². The summed E-state index contributed by atoms with van der Waals surface area (Å²) in [5.41, 5.74) is 3.55. The number of hydrogen-bond donors (Lipinski definition) is 0. The Morgan fingerprint density at radius 2 is 1.89 bits per heavy atom. The summed E-state index contributed by atoms with van der Waals surface area (Å²) in [6, 6.07) is 8.94. The molecule has 0 saturated heterocycles. The molecule has 0 N–H and O–H groups in total. The van der Waals surface area contributed by atoms with Crippen LogP contribution in [-0.2, 0) is 6.42 Å². The first-order valence-electron chi connectivity index (χ1n) is 7.22. The van der Waals surface area contributed by atoms with E-state index < -0.39 is 0 Å². The third-order valence-corrected chi connectivity index (χ3v) is 5.90. The van der Waals surface area contributed by atoms with Gasteiger partial charge in [-0.15, -0.1) is 0 Å². The van der Waals surface area contributed by atoms with Gasteiger partial charge in [0.15, 0.2) is 0 Å². The molecular weight excluding hydrogens is 286 g/mol. The lowest BCUT2D eigenvalue weighted by molar-refractivity contribution is 0.230. The fourth-order valence-corrected chi connectivity index (χ4v) is 4.35. The van der Waals surface area contributed by atoms with Gasteiger partial charge in [0.2, 0.25) is 0 Å². The minimum atomic E-state index is 0.524. The minimum absolute atomic E-state index is 0.524. The smallest absolute Gasteiger partial charge is 0.0399 e. The molecule has 1 aliphatic heterocycles. The normalized spacial score (nSPS) is 21.9. The van der Waals surface area contributed by atoms with Crippen molar-refractivity contribution >= 4 is 21.6 Å². The van der Waals surface area contributed by atoms with Gasteiger partial charge in [-0.05, 0) is 36.3 Å². The SMILES string of the molecule is BrCC1(CN2CCc3ccccc32)CCCCC1. The van der Waals surface area contributed by atoms with Crippen LogP contribution in [0.4, 0.5) is 5.69 Å². The van der Waals surface area contributed by atoms with Crippen molar-refractivity contribution < 1.29 is 0 Å². The van der Waals surface area contributed by atoms with E-state index >= 15 is 0 Å².